The zero-order valence-corrected chi connectivity index (χ0v) is 15.6. The molecule has 2 aliphatic carbocycles. The van der Waals surface area contributed by atoms with E-state index < -0.39 is 0 Å². The van der Waals surface area contributed by atoms with Crippen molar-refractivity contribution in [2.45, 2.75) is 38.5 Å². The van der Waals surface area contributed by atoms with Crippen molar-refractivity contribution in [1.29, 1.82) is 0 Å². The van der Waals surface area contributed by atoms with Crippen LogP contribution in [0.3, 0.4) is 0 Å². The van der Waals surface area contributed by atoms with E-state index in [-0.39, 0.29) is 17.5 Å². The minimum absolute atomic E-state index is 0.00928. The summed E-state index contributed by atoms with van der Waals surface area (Å²) in [7, 11) is 0. The molecule has 2 aromatic carbocycles. The molecule has 0 radical (unpaired) electrons. The largest absolute Gasteiger partial charge is 0.289 e. The number of carbonyl (C=O) groups excluding carboxylic acids is 2. The Morgan fingerprint density at radius 3 is 1.92 bits per heavy atom. The number of Topliss-reactive ketones (excluding diaryl/α,β-unsaturated/α-hetero) is 2. The Bertz CT molecular complexity index is 900. The highest BCUT2D eigenvalue weighted by Gasteiger charge is 2.35. The second kappa shape index (κ2) is 6.85. The molecule has 2 nitrogen and oxygen atoms in total. The first-order chi connectivity index (χ1) is 12.6. The van der Waals surface area contributed by atoms with Crippen molar-refractivity contribution in [3.05, 3.63) is 81.4 Å². The highest BCUT2D eigenvalue weighted by atomic mass is 35.5. The molecule has 0 aliphatic heterocycles. The second-order valence-electron chi connectivity index (χ2n) is 7.34. The summed E-state index contributed by atoms with van der Waals surface area (Å²) < 4.78 is 0. The number of rotatable bonds is 2. The van der Waals surface area contributed by atoms with Gasteiger partial charge in [-0.25, -0.2) is 0 Å². The van der Waals surface area contributed by atoms with Crippen LogP contribution in [0.15, 0.2) is 59.7 Å². The Labute approximate surface area is 158 Å². The van der Waals surface area contributed by atoms with Gasteiger partial charge in [0.1, 0.15) is 0 Å². The smallest absolute Gasteiger partial charge is 0.190 e. The topological polar surface area (TPSA) is 34.1 Å². The number of ketones is 2. The van der Waals surface area contributed by atoms with Crippen molar-refractivity contribution in [2.24, 2.45) is 5.92 Å². The molecule has 0 unspecified atom stereocenters. The third kappa shape index (κ3) is 2.93. The molecule has 2 aromatic rings. The predicted molar refractivity (Wildman–Crippen MR) is 104 cm³/mol. The SMILES string of the molecule is CC1=C([C@H]2CC[C@@H](c3ccc(Cl)cc3)CC2)C(=O)c2ccccc2C1=O. The first kappa shape index (κ1) is 17.2. The summed E-state index contributed by atoms with van der Waals surface area (Å²) in [6.45, 7) is 1.82. The first-order valence-corrected chi connectivity index (χ1v) is 9.58. The molecule has 4 rings (SSSR count). The number of benzene rings is 2. The molecule has 0 heterocycles. The van der Waals surface area contributed by atoms with E-state index in [4.69, 9.17) is 11.6 Å². The highest BCUT2D eigenvalue weighted by Crippen LogP contribution is 2.42. The Morgan fingerprint density at radius 2 is 1.31 bits per heavy atom. The normalized spacial score (nSPS) is 23.2. The average Bonchev–Trinajstić information content (AvgIpc) is 2.68. The summed E-state index contributed by atoms with van der Waals surface area (Å²) in [5.41, 5.74) is 3.83. The fraction of sp³-hybridized carbons (Fsp3) is 0.304. The van der Waals surface area contributed by atoms with Gasteiger partial charge in [-0.15, -0.1) is 0 Å². The van der Waals surface area contributed by atoms with Crippen LogP contribution in [-0.4, -0.2) is 11.6 Å². The van der Waals surface area contributed by atoms with Crippen LogP contribution in [0.1, 0.15) is 64.8 Å². The van der Waals surface area contributed by atoms with Gasteiger partial charge in [-0.3, -0.25) is 9.59 Å². The van der Waals surface area contributed by atoms with E-state index in [1.54, 1.807) is 12.1 Å². The molecule has 132 valence electrons. The van der Waals surface area contributed by atoms with Crippen molar-refractivity contribution >= 4 is 23.2 Å². The zero-order valence-electron chi connectivity index (χ0n) is 14.8. The van der Waals surface area contributed by atoms with Crippen LogP contribution in [0.4, 0.5) is 0 Å². The van der Waals surface area contributed by atoms with Crippen molar-refractivity contribution in [1.82, 2.24) is 0 Å². The van der Waals surface area contributed by atoms with Crippen LogP contribution < -0.4 is 0 Å². The molecule has 0 spiro atoms. The van der Waals surface area contributed by atoms with Crippen LogP contribution in [-0.2, 0) is 0 Å². The van der Waals surface area contributed by atoms with E-state index in [0.717, 1.165) is 36.3 Å². The number of fused-ring (bicyclic) bond motifs is 1. The lowest BCUT2D eigenvalue weighted by molar-refractivity contribution is 0.0960. The summed E-state index contributed by atoms with van der Waals surface area (Å²) in [5.74, 6) is 0.747. The first-order valence-electron chi connectivity index (χ1n) is 9.21. The predicted octanol–water partition coefficient (Wildman–Crippen LogP) is 6.01. The Balaban J connectivity index is 1.56. The third-order valence-electron chi connectivity index (χ3n) is 5.88. The minimum Gasteiger partial charge on any atom is -0.289 e. The summed E-state index contributed by atoms with van der Waals surface area (Å²) in [6, 6.07) is 15.3. The molecule has 0 saturated heterocycles. The van der Waals surface area contributed by atoms with Gasteiger partial charge in [-0.1, -0.05) is 48.0 Å². The molecule has 2 aliphatic rings. The minimum atomic E-state index is 0.00928. The maximum atomic E-state index is 13.0. The van der Waals surface area contributed by atoms with Crippen molar-refractivity contribution < 1.29 is 9.59 Å². The van der Waals surface area contributed by atoms with Gasteiger partial charge in [0.05, 0.1) is 0 Å². The summed E-state index contributed by atoms with van der Waals surface area (Å²) >= 11 is 5.99. The Morgan fingerprint density at radius 1 is 0.769 bits per heavy atom. The van der Waals surface area contributed by atoms with Crippen molar-refractivity contribution in [3.63, 3.8) is 0 Å². The number of hydrogen-bond acceptors (Lipinski definition) is 2. The van der Waals surface area contributed by atoms with Crippen LogP contribution in [0.25, 0.3) is 0 Å². The van der Waals surface area contributed by atoms with Gasteiger partial charge in [0.2, 0.25) is 0 Å². The van der Waals surface area contributed by atoms with Gasteiger partial charge in [0.15, 0.2) is 11.6 Å². The fourth-order valence-electron chi connectivity index (χ4n) is 4.46. The van der Waals surface area contributed by atoms with Gasteiger partial charge in [0, 0.05) is 27.3 Å². The van der Waals surface area contributed by atoms with E-state index in [2.05, 4.69) is 12.1 Å². The molecule has 1 saturated carbocycles. The number of hydrogen-bond donors (Lipinski definition) is 0. The van der Waals surface area contributed by atoms with E-state index in [1.165, 1.54) is 5.56 Å². The van der Waals surface area contributed by atoms with Gasteiger partial charge in [0.25, 0.3) is 0 Å². The molecule has 0 bridgehead atoms. The van der Waals surface area contributed by atoms with Crippen molar-refractivity contribution in [2.75, 3.05) is 0 Å². The fourth-order valence-corrected chi connectivity index (χ4v) is 4.59. The van der Waals surface area contributed by atoms with Crippen LogP contribution >= 0.6 is 11.6 Å². The van der Waals surface area contributed by atoms with E-state index in [9.17, 15) is 9.59 Å². The van der Waals surface area contributed by atoms with E-state index in [0.29, 0.717) is 22.6 Å². The number of allylic oxidation sites excluding steroid dienone is 2. The standard InChI is InChI=1S/C23H21ClO2/c1-14-21(23(26)20-5-3-2-4-19(20)22(14)25)17-8-6-15(7-9-17)16-10-12-18(24)13-11-16/h2-5,10-13,15,17H,6-9H2,1H3/t15-,17+. The third-order valence-corrected chi connectivity index (χ3v) is 6.13. The molecule has 0 atom stereocenters. The molecule has 0 aromatic heterocycles. The van der Waals surface area contributed by atoms with Crippen LogP contribution in [0.5, 0.6) is 0 Å². The van der Waals surface area contributed by atoms with Gasteiger partial charge in [-0.05, 0) is 62.1 Å². The lowest BCUT2D eigenvalue weighted by Crippen LogP contribution is -2.27. The monoisotopic (exact) mass is 364 g/mol. The lowest BCUT2D eigenvalue weighted by atomic mass is 9.71. The maximum absolute atomic E-state index is 13.0. The second-order valence-corrected chi connectivity index (χ2v) is 7.78. The van der Waals surface area contributed by atoms with Gasteiger partial charge in [-0.2, -0.15) is 0 Å². The summed E-state index contributed by atoms with van der Waals surface area (Å²) in [6.07, 6.45) is 3.96. The van der Waals surface area contributed by atoms with E-state index >= 15 is 0 Å². The number of carbonyl (C=O) groups is 2. The average molecular weight is 365 g/mol. The van der Waals surface area contributed by atoms with Crippen molar-refractivity contribution in [3.8, 4) is 0 Å². The Hall–Kier alpha value is -2.19. The molecule has 0 amide bonds. The quantitative estimate of drug-likeness (QED) is 0.653. The van der Waals surface area contributed by atoms with Gasteiger partial charge >= 0.3 is 0 Å². The summed E-state index contributed by atoms with van der Waals surface area (Å²) in [4.78, 5) is 25.7. The van der Waals surface area contributed by atoms with Gasteiger partial charge < -0.3 is 0 Å². The molecule has 1 fully saturated rings. The van der Waals surface area contributed by atoms with E-state index in [1.807, 2.05) is 31.2 Å². The van der Waals surface area contributed by atoms with Crippen LogP contribution in [0, 0.1) is 5.92 Å². The zero-order chi connectivity index (χ0) is 18.3. The summed E-state index contributed by atoms with van der Waals surface area (Å²) in [5, 5.41) is 0.758. The number of halogens is 1. The molecule has 3 heteroatoms. The lowest BCUT2D eigenvalue weighted by Gasteiger charge is -2.32. The molecular weight excluding hydrogens is 344 g/mol. The highest BCUT2D eigenvalue weighted by molar-refractivity contribution is 6.30. The molecular formula is C23H21ClO2. The maximum Gasteiger partial charge on any atom is 0.190 e. The Kier molecular flexibility index (Phi) is 4.54. The van der Waals surface area contributed by atoms with Crippen LogP contribution in [0.2, 0.25) is 5.02 Å². The molecule has 0 N–H and O–H groups in total. The molecule has 26 heavy (non-hydrogen) atoms.